The Kier molecular flexibility index (Phi) is 0.422. The minimum absolute atomic E-state index is 0.632. The highest BCUT2D eigenvalue weighted by Gasteiger charge is 2.16. The number of rotatable bonds is 0. The molecule has 0 N–H and O–H groups in total. The smallest absolute Gasteiger partial charge is 0.278 e. The number of thiophene rings is 1. The molecule has 0 aliphatic heterocycles. The maximum Gasteiger partial charge on any atom is 0.278 e. The van der Waals surface area contributed by atoms with Crippen LogP contribution in [0.4, 0.5) is 0 Å². The van der Waals surface area contributed by atoms with E-state index < -0.39 is 0 Å². The van der Waals surface area contributed by atoms with E-state index in [9.17, 15) is 0 Å². The SMILES string of the molecule is c1sc2c3noc2c1o3. The maximum atomic E-state index is 5.15. The van der Waals surface area contributed by atoms with E-state index in [1.807, 2.05) is 5.38 Å². The number of hydrogen-bond acceptors (Lipinski definition) is 4. The Labute approximate surface area is 53.2 Å². The van der Waals surface area contributed by atoms with E-state index in [0.717, 1.165) is 15.9 Å². The van der Waals surface area contributed by atoms with Crippen LogP contribution in [0.3, 0.4) is 0 Å². The molecule has 3 aromatic rings. The van der Waals surface area contributed by atoms with Crippen molar-refractivity contribution in [3.8, 4) is 0 Å². The molecule has 0 saturated carbocycles. The van der Waals surface area contributed by atoms with Crippen molar-refractivity contribution < 1.29 is 8.94 Å². The molecule has 4 bridgehead atoms. The molecule has 0 saturated heterocycles. The van der Waals surface area contributed by atoms with Gasteiger partial charge in [-0.15, -0.1) is 11.3 Å². The Morgan fingerprint density at radius 3 is 3.11 bits per heavy atom. The van der Waals surface area contributed by atoms with Crippen LogP contribution in [-0.4, -0.2) is 5.16 Å². The van der Waals surface area contributed by atoms with Gasteiger partial charge < -0.3 is 8.94 Å². The second-order valence-electron chi connectivity index (χ2n) is 1.85. The zero-order chi connectivity index (χ0) is 5.84. The van der Waals surface area contributed by atoms with E-state index in [2.05, 4.69) is 5.16 Å². The fourth-order valence-electron chi connectivity index (χ4n) is 0.933. The van der Waals surface area contributed by atoms with Gasteiger partial charge in [-0.2, -0.15) is 0 Å². The lowest BCUT2D eigenvalue weighted by Gasteiger charge is -1.78. The van der Waals surface area contributed by atoms with Crippen molar-refractivity contribution in [2.24, 2.45) is 0 Å². The van der Waals surface area contributed by atoms with Crippen LogP contribution in [0.2, 0.25) is 0 Å². The van der Waals surface area contributed by atoms with E-state index in [0.29, 0.717) is 5.71 Å². The average molecular weight is 139 g/mol. The van der Waals surface area contributed by atoms with Gasteiger partial charge in [-0.3, -0.25) is 0 Å². The summed E-state index contributed by atoms with van der Waals surface area (Å²) in [7, 11) is 0. The Morgan fingerprint density at radius 2 is 2.56 bits per heavy atom. The Hall–Kier alpha value is -1.03. The zero-order valence-electron chi connectivity index (χ0n) is 4.25. The van der Waals surface area contributed by atoms with Crippen LogP contribution >= 0.6 is 11.3 Å². The van der Waals surface area contributed by atoms with Gasteiger partial charge in [0.25, 0.3) is 5.71 Å². The van der Waals surface area contributed by atoms with Crippen molar-refractivity contribution in [3.63, 3.8) is 0 Å². The van der Waals surface area contributed by atoms with E-state index in [4.69, 9.17) is 8.94 Å². The van der Waals surface area contributed by atoms with E-state index in [1.54, 1.807) is 11.3 Å². The monoisotopic (exact) mass is 139 g/mol. The molecule has 0 aromatic carbocycles. The molecule has 0 radical (unpaired) electrons. The predicted molar refractivity (Wildman–Crippen MR) is 32.8 cm³/mol. The van der Waals surface area contributed by atoms with Crippen LogP contribution in [0.5, 0.6) is 0 Å². The van der Waals surface area contributed by atoms with Gasteiger partial charge in [-0.05, 0) is 5.16 Å². The van der Waals surface area contributed by atoms with Crippen LogP contribution in [0.1, 0.15) is 0 Å². The van der Waals surface area contributed by atoms with Gasteiger partial charge in [0.1, 0.15) is 4.70 Å². The molecule has 0 spiro atoms. The Bertz CT molecular complexity index is 394. The molecule has 0 atom stereocenters. The molecule has 9 heavy (non-hydrogen) atoms. The fourth-order valence-corrected chi connectivity index (χ4v) is 1.74. The van der Waals surface area contributed by atoms with Crippen molar-refractivity contribution in [2.75, 3.05) is 0 Å². The summed E-state index contributed by atoms with van der Waals surface area (Å²) < 4.78 is 11.1. The third kappa shape index (κ3) is 0.276. The first-order valence-corrected chi connectivity index (χ1v) is 3.38. The van der Waals surface area contributed by atoms with Crippen molar-refractivity contribution in [3.05, 3.63) is 5.38 Å². The average Bonchev–Trinajstić information content (AvgIpc) is 2.50. The first-order chi connectivity index (χ1) is 4.45. The van der Waals surface area contributed by atoms with Gasteiger partial charge in [0.15, 0.2) is 5.58 Å². The summed E-state index contributed by atoms with van der Waals surface area (Å²) in [6, 6.07) is 0. The summed E-state index contributed by atoms with van der Waals surface area (Å²) in [4.78, 5) is 0. The second kappa shape index (κ2) is 0.974. The molecule has 0 aliphatic rings. The molecular weight excluding hydrogens is 138 g/mol. The Morgan fingerprint density at radius 1 is 1.56 bits per heavy atom. The lowest BCUT2D eigenvalue weighted by molar-refractivity contribution is 0.428. The van der Waals surface area contributed by atoms with Crippen molar-refractivity contribution in [2.45, 2.75) is 0 Å². The van der Waals surface area contributed by atoms with Crippen molar-refractivity contribution >= 4 is 32.9 Å². The molecule has 0 amide bonds. The fraction of sp³-hybridized carbons (Fsp3) is 0. The molecule has 0 unspecified atom stereocenters. The minimum atomic E-state index is 0.632. The summed E-state index contributed by atoms with van der Waals surface area (Å²) in [6.07, 6.45) is 0. The van der Waals surface area contributed by atoms with Gasteiger partial charge in [-0.25, -0.2) is 0 Å². The van der Waals surface area contributed by atoms with Crippen LogP contribution in [-0.2, 0) is 0 Å². The number of furan rings is 1. The largest absolute Gasteiger partial charge is 0.430 e. The second-order valence-corrected chi connectivity index (χ2v) is 2.73. The van der Waals surface area contributed by atoms with Gasteiger partial charge in [0, 0.05) is 5.38 Å². The highest BCUT2D eigenvalue weighted by molar-refractivity contribution is 7.18. The molecule has 44 valence electrons. The Balaban J connectivity index is 3.03. The maximum absolute atomic E-state index is 5.15. The molecular formula is C5HNO2S. The molecule has 0 fully saturated rings. The summed E-state index contributed by atoms with van der Waals surface area (Å²) >= 11 is 1.61. The summed E-state index contributed by atoms with van der Waals surface area (Å²) in [5, 5.41) is 5.56. The van der Waals surface area contributed by atoms with Crippen LogP contribution in [0.15, 0.2) is 14.3 Å². The molecule has 3 heterocycles. The quantitative estimate of drug-likeness (QED) is 0.478. The van der Waals surface area contributed by atoms with Gasteiger partial charge in [-0.1, -0.05) is 0 Å². The molecule has 3 rings (SSSR count). The molecule has 3 aromatic heterocycles. The molecule has 4 heteroatoms. The summed E-state index contributed by atoms with van der Waals surface area (Å²) in [5.41, 5.74) is 2.25. The zero-order valence-corrected chi connectivity index (χ0v) is 5.07. The number of aromatic nitrogens is 1. The lowest BCUT2D eigenvalue weighted by atomic mass is 10.5. The normalized spacial score (nSPS) is 12.4. The number of nitrogens with zero attached hydrogens (tertiary/aromatic N) is 1. The third-order valence-electron chi connectivity index (χ3n) is 1.33. The van der Waals surface area contributed by atoms with Crippen LogP contribution in [0.25, 0.3) is 21.6 Å². The predicted octanol–water partition coefficient (Wildman–Crippen LogP) is 2.07. The van der Waals surface area contributed by atoms with Gasteiger partial charge >= 0.3 is 0 Å². The first kappa shape index (κ1) is 3.90. The summed E-state index contributed by atoms with van der Waals surface area (Å²) in [5.74, 6) is 0. The highest BCUT2D eigenvalue weighted by Crippen LogP contribution is 2.35. The molecule has 3 nitrogen and oxygen atoms in total. The number of hydrogen-bond donors (Lipinski definition) is 0. The third-order valence-corrected chi connectivity index (χ3v) is 2.26. The summed E-state index contributed by atoms with van der Waals surface area (Å²) in [6.45, 7) is 0. The van der Waals surface area contributed by atoms with Crippen LogP contribution < -0.4 is 0 Å². The van der Waals surface area contributed by atoms with E-state index in [1.165, 1.54) is 0 Å². The van der Waals surface area contributed by atoms with Crippen molar-refractivity contribution in [1.82, 2.24) is 5.16 Å². The van der Waals surface area contributed by atoms with E-state index >= 15 is 0 Å². The van der Waals surface area contributed by atoms with Crippen molar-refractivity contribution in [1.29, 1.82) is 0 Å². The lowest BCUT2D eigenvalue weighted by Crippen LogP contribution is -1.60. The van der Waals surface area contributed by atoms with Gasteiger partial charge in [0.05, 0.1) is 0 Å². The van der Waals surface area contributed by atoms with Gasteiger partial charge in [0.2, 0.25) is 5.58 Å². The van der Waals surface area contributed by atoms with E-state index in [-0.39, 0.29) is 0 Å². The highest BCUT2D eigenvalue weighted by atomic mass is 32.1. The molecule has 0 aliphatic carbocycles. The minimum Gasteiger partial charge on any atom is -0.430 e. The topological polar surface area (TPSA) is 39.2 Å². The first-order valence-electron chi connectivity index (χ1n) is 2.50. The van der Waals surface area contributed by atoms with Crippen LogP contribution in [0, 0.1) is 0 Å². The standard InChI is InChI=1S/C5HNO2S/c1-2-3-4(9-1)5(7-2)6-8-3/h1H.